The van der Waals surface area contributed by atoms with Crippen molar-refractivity contribution in [2.24, 2.45) is 0 Å². The van der Waals surface area contributed by atoms with Crippen molar-refractivity contribution < 1.29 is 19.0 Å². The van der Waals surface area contributed by atoms with E-state index < -0.39 is 0 Å². The Labute approximate surface area is 158 Å². The van der Waals surface area contributed by atoms with Crippen molar-refractivity contribution in [3.63, 3.8) is 0 Å². The van der Waals surface area contributed by atoms with Crippen molar-refractivity contribution in [1.29, 1.82) is 0 Å². The highest BCUT2D eigenvalue weighted by molar-refractivity contribution is 5.84. The lowest BCUT2D eigenvalue weighted by molar-refractivity contribution is -0.123. The summed E-state index contributed by atoms with van der Waals surface area (Å²) in [7, 11) is 3.25. The first-order valence-corrected chi connectivity index (χ1v) is 8.79. The highest BCUT2D eigenvalue weighted by Crippen LogP contribution is 2.24. The maximum atomic E-state index is 12.1. The topological polar surface area (TPSA) is 56.8 Å². The largest absolute Gasteiger partial charge is 0.497 e. The molecule has 0 aliphatic carbocycles. The second-order valence-corrected chi connectivity index (χ2v) is 6.08. The first kappa shape index (κ1) is 18.6. The minimum atomic E-state index is -0.162. The highest BCUT2D eigenvalue weighted by atomic mass is 16.5. The predicted molar refractivity (Wildman–Crippen MR) is 106 cm³/mol. The number of ether oxygens (including phenoxy) is 3. The highest BCUT2D eigenvalue weighted by Gasteiger charge is 2.07. The van der Waals surface area contributed by atoms with Crippen LogP contribution in [0.25, 0.3) is 10.8 Å². The Morgan fingerprint density at radius 3 is 2.44 bits per heavy atom. The first-order chi connectivity index (χ1) is 13.2. The normalized spacial score (nSPS) is 10.4. The second kappa shape index (κ2) is 8.94. The van der Waals surface area contributed by atoms with Crippen LogP contribution in [-0.4, -0.2) is 33.3 Å². The molecule has 5 heteroatoms. The molecule has 3 aromatic carbocycles. The third-order valence-corrected chi connectivity index (χ3v) is 4.29. The molecule has 3 aromatic rings. The molecule has 0 saturated carbocycles. The molecule has 0 radical (unpaired) electrons. The van der Waals surface area contributed by atoms with Gasteiger partial charge in [0.2, 0.25) is 0 Å². The molecule has 1 N–H and O–H groups in total. The lowest BCUT2D eigenvalue weighted by atomic mass is 10.1. The summed E-state index contributed by atoms with van der Waals surface area (Å²) in [5, 5.41) is 5.09. The van der Waals surface area contributed by atoms with Crippen LogP contribution in [-0.2, 0) is 11.2 Å². The van der Waals surface area contributed by atoms with Crippen molar-refractivity contribution in [3.8, 4) is 17.2 Å². The number of hydrogen-bond acceptors (Lipinski definition) is 4. The number of benzene rings is 3. The van der Waals surface area contributed by atoms with Crippen molar-refractivity contribution in [2.45, 2.75) is 6.42 Å². The first-order valence-electron chi connectivity index (χ1n) is 8.79. The van der Waals surface area contributed by atoms with Gasteiger partial charge in [0.25, 0.3) is 5.91 Å². The van der Waals surface area contributed by atoms with E-state index in [-0.39, 0.29) is 12.5 Å². The molecule has 0 atom stereocenters. The lowest BCUT2D eigenvalue weighted by Crippen LogP contribution is -2.30. The summed E-state index contributed by atoms with van der Waals surface area (Å²) in [5.74, 6) is 2.05. The minimum Gasteiger partial charge on any atom is -0.497 e. The molecule has 27 heavy (non-hydrogen) atoms. The average molecular weight is 365 g/mol. The second-order valence-electron chi connectivity index (χ2n) is 6.08. The Morgan fingerprint density at radius 2 is 1.67 bits per heavy atom. The summed E-state index contributed by atoms with van der Waals surface area (Å²) < 4.78 is 16.2. The van der Waals surface area contributed by atoms with Gasteiger partial charge >= 0.3 is 0 Å². The van der Waals surface area contributed by atoms with Gasteiger partial charge in [-0.15, -0.1) is 0 Å². The summed E-state index contributed by atoms with van der Waals surface area (Å²) in [6.45, 7) is 0.469. The molecule has 1 amide bonds. The summed E-state index contributed by atoms with van der Waals surface area (Å²) >= 11 is 0. The summed E-state index contributed by atoms with van der Waals surface area (Å²) in [6.07, 6.45) is 0.641. The van der Waals surface area contributed by atoms with Gasteiger partial charge < -0.3 is 19.5 Å². The van der Waals surface area contributed by atoms with E-state index in [4.69, 9.17) is 14.2 Å². The molecular formula is C22H23NO4. The van der Waals surface area contributed by atoms with Crippen LogP contribution >= 0.6 is 0 Å². The molecule has 0 bridgehead atoms. The summed E-state index contributed by atoms with van der Waals surface area (Å²) in [4.78, 5) is 12.1. The smallest absolute Gasteiger partial charge is 0.257 e. The number of fused-ring (bicyclic) bond motifs is 1. The fourth-order valence-corrected chi connectivity index (χ4v) is 2.87. The van der Waals surface area contributed by atoms with E-state index >= 15 is 0 Å². The van der Waals surface area contributed by atoms with Crippen molar-refractivity contribution in [2.75, 3.05) is 27.4 Å². The Morgan fingerprint density at radius 1 is 0.889 bits per heavy atom. The molecule has 0 aliphatic rings. The van der Waals surface area contributed by atoms with Gasteiger partial charge in [-0.1, -0.05) is 30.3 Å². The van der Waals surface area contributed by atoms with Crippen LogP contribution in [0.5, 0.6) is 17.2 Å². The van der Waals surface area contributed by atoms with E-state index in [1.165, 1.54) is 0 Å². The van der Waals surface area contributed by atoms with Crippen LogP contribution in [0.15, 0.2) is 60.7 Å². The van der Waals surface area contributed by atoms with Crippen LogP contribution in [0, 0.1) is 0 Å². The zero-order valence-corrected chi connectivity index (χ0v) is 15.5. The molecule has 0 fully saturated rings. The number of carbonyl (C=O) groups is 1. The van der Waals surface area contributed by atoms with Crippen LogP contribution in [0.1, 0.15) is 5.56 Å². The molecule has 140 valence electrons. The van der Waals surface area contributed by atoms with Gasteiger partial charge in [-0.3, -0.25) is 4.79 Å². The van der Waals surface area contributed by atoms with Crippen LogP contribution in [0.2, 0.25) is 0 Å². The zero-order valence-electron chi connectivity index (χ0n) is 15.5. The van der Waals surface area contributed by atoms with Crippen LogP contribution in [0.3, 0.4) is 0 Å². The fraction of sp³-hybridized carbons (Fsp3) is 0.227. The van der Waals surface area contributed by atoms with E-state index in [0.717, 1.165) is 27.8 Å². The number of methoxy groups -OCH3 is 2. The van der Waals surface area contributed by atoms with E-state index in [9.17, 15) is 4.79 Å². The number of hydrogen-bond donors (Lipinski definition) is 1. The summed E-state index contributed by atoms with van der Waals surface area (Å²) in [6, 6.07) is 19.4. The van der Waals surface area contributed by atoms with E-state index in [2.05, 4.69) is 5.32 Å². The molecule has 0 aliphatic heterocycles. The zero-order chi connectivity index (χ0) is 19.1. The van der Waals surface area contributed by atoms with E-state index in [0.29, 0.717) is 18.7 Å². The standard InChI is InChI=1S/C22H23NO4/c1-25-19-9-10-21(26-2)18(14-19)11-12-23-22(24)15-27-20-8-7-16-5-3-4-6-17(16)13-20/h3-10,13-14H,11-12,15H2,1-2H3,(H,23,24). The Bertz CT molecular complexity index is 923. The van der Waals surface area contributed by atoms with Crippen molar-refractivity contribution >= 4 is 16.7 Å². The maximum Gasteiger partial charge on any atom is 0.257 e. The number of carbonyl (C=O) groups excluding carboxylic acids is 1. The lowest BCUT2D eigenvalue weighted by Gasteiger charge is -2.11. The third-order valence-electron chi connectivity index (χ3n) is 4.29. The van der Waals surface area contributed by atoms with E-state index in [1.807, 2.05) is 60.7 Å². The van der Waals surface area contributed by atoms with Gasteiger partial charge in [0.15, 0.2) is 6.61 Å². The number of rotatable bonds is 8. The third kappa shape index (κ3) is 4.91. The van der Waals surface area contributed by atoms with Crippen molar-refractivity contribution in [3.05, 3.63) is 66.2 Å². The van der Waals surface area contributed by atoms with Gasteiger partial charge in [-0.25, -0.2) is 0 Å². The molecule has 5 nitrogen and oxygen atoms in total. The molecule has 0 aromatic heterocycles. The Kier molecular flexibility index (Phi) is 6.15. The quantitative estimate of drug-likeness (QED) is 0.663. The SMILES string of the molecule is COc1ccc(OC)c(CCNC(=O)COc2ccc3ccccc3c2)c1. The van der Waals surface area contributed by atoms with Crippen LogP contribution in [0.4, 0.5) is 0 Å². The minimum absolute atomic E-state index is 0.0203. The van der Waals surface area contributed by atoms with Gasteiger partial charge in [-0.05, 0) is 53.1 Å². The fourth-order valence-electron chi connectivity index (χ4n) is 2.87. The summed E-state index contributed by atoms with van der Waals surface area (Å²) in [5.41, 5.74) is 0.979. The van der Waals surface area contributed by atoms with Crippen LogP contribution < -0.4 is 19.5 Å². The van der Waals surface area contributed by atoms with Gasteiger partial charge in [-0.2, -0.15) is 0 Å². The molecule has 0 saturated heterocycles. The van der Waals surface area contributed by atoms with Crippen molar-refractivity contribution in [1.82, 2.24) is 5.32 Å². The monoisotopic (exact) mass is 365 g/mol. The molecular weight excluding hydrogens is 342 g/mol. The van der Waals surface area contributed by atoms with E-state index in [1.54, 1.807) is 14.2 Å². The molecule has 0 spiro atoms. The predicted octanol–water partition coefficient (Wildman–Crippen LogP) is 3.59. The molecule has 0 heterocycles. The van der Waals surface area contributed by atoms with Gasteiger partial charge in [0, 0.05) is 6.54 Å². The van der Waals surface area contributed by atoms with Gasteiger partial charge in [0.05, 0.1) is 14.2 Å². The number of nitrogens with one attached hydrogen (secondary N) is 1. The average Bonchev–Trinajstić information content (AvgIpc) is 2.72. The Balaban J connectivity index is 1.49. The maximum absolute atomic E-state index is 12.1. The molecule has 0 unspecified atom stereocenters. The number of amides is 1. The molecule has 3 rings (SSSR count). The van der Waals surface area contributed by atoms with Gasteiger partial charge in [0.1, 0.15) is 17.2 Å². The Hall–Kier alpha value is -3.21.